The molecule has 0 saturated heterocycles. The molecule has 1 heterocycles. The highest BCUT2D eigenvalue weighted by molar-refractivity contribution is 5.52. The Kier molecular flexibility index (Phi) is 4.34. The SMILES string of the molecule is CCCn1cccc1CNc1cc([N+](=O)[O-])ccc1F. The molecule has 0 fully saturated rings. The third kappa shape index (κ3) is 3.14. The number of nitrogens with zero attached hydrogens (tertiary/aromatic N) is 2. The van der Waals surface area contributed by atoms with E-state index < -0.39 is 10.7 Å². The number of nitro benzene ring substituents is 1. The van der Waals surface area contributed by atoms with Crippen molar-refractivity contribution in [2.45, 2.75) is 26.4 Å². The number of halogens is 1. The van der Waals surface area contributed by atoms with Crippen molar-refractivity contribution in [1.29, 1.82) is 0 Å². The predicted molar refractivity (Wildman–Crippen MR) is 75.1 cm³/mol. The average Bonchev–Trinajstić information content (AvgIpc) is 2.85. The van der Waals surface area contributed by atoms with Gasteiger partial charge in [-0.1, -0.05) is 6.92 Å². The average molecular weight is 277 g/mol. The molecule has 0 spiro atoms. The number of aromatic nitrogens is 1. The molecule has 1 aromatic carbocycles. The molecule has 0 unspecified atom stereocenters. The second-order valence-corrected chi connectivity index (χ2v) is 4.47. The fourth-order valence-corrected chi connectivity index (χ4v) is 2.02. The van der Waals surface area contributed by atoms with Crippen LogP contribution in [0, 0.1) is 15.9 Å². The minimum Gasteiger partial charge on any atom is -0.377 e. The van der Waals surface area contributed by atoms with Gasteiger partial charge in [0.05, 0.1) is 17.2 Å². The Hall–Kier alpha value is -2.37. The lowest BCUT2D eigenvalue weighted by Gasteiger charge is -2.10. The van der Waals surface area contributed by atoms with E-state index in [1.54, 1.807) is 0 Å². The third-order valence-corrected chi connectivity index (χ3v) is 3.01. The zero-order valence-electron chi connectivity index (χ0n) is 11.2. The highest BCUT2D eigenvalue weighted by atomic mass is 19.1. The Bertz CT molecular complexity index is 610. The van der Waals surface area contributed by atoms with E-state index in [0.29, 0.717) is 6.54 Å². The van der Waals surface area contributed by atoms with Crippen molar-refractivity contribution in [3.8, 4) is 0 Å². The van der Waals surface area contributed by atoms with E-state index in [4.69, 9.17) is 0 Å². The quantitative estimate of drug-likeness (QED) is 0.648. The Balaban J connectivity index is 2.12. The number of hydrogen-bond acceptors (Lipinski definition) is 3. The van der Waals surface area contributed by atoms with Gasteiger partial charge in [0.15, 0.2) is 0 Å². The molecule has 2 rings (SSSR count). The first-order valence-corrected chi connectivity index (χ1v) is 6.43. The van der Waals surface area contributed by atoms with Gasteiger partial charge in [-0.2, -0.15) is 0 Å². The highest BCUT2D eigenvalue weighted by Gasteiger charge is 2.11. The van der Waals surface area contributed by atoms with Gasteiger partial charge in [0.25, 0.3) is 5.69 Å². The Morgan fingerprint density at radius 3 is 2.90 bits per heavy atom. The summed E-state index contributed by atoms with van der Waals surface area (Å²) in [6, 6.07) is 7.34. The van der Waals surface area contributed by atoms with Gasteiger partial charge in [-0.15, -0.1) is 0 Å². The molecule has 0 bridgehead atoms. The molecule has 0 saturated carbocycles. The van der Waals surface area contributed by atoms with Crippen LogP contribution >= 0.6 is 0 Å². The van der Waals surface area contributed by atoms with Gasteiger partial charge in [-0.25, -0.2) is 4.39 Å². The van der Waals surface area contributed by atoms with Crippen LogP contribution in [-0.2, 0) is 13.1 Å². The Labute approximate surface area is 116 Å². The smallest absolute Gasteiger partial charge is 0.271 e. The summed E-state index contributed by atoms with van der Waals surface area (Å²) >= 11 is 0. The number of aryl methyl sites for hydroxylation is 1. The molecule has 20 heavy (non-hydrogen) atoms. The molecule has 0 amide bonds. The zero-order valence-corrected chi connectivity index (χ0v) is 11.2. The van der Waals surface area contributed by atoms with Crippen LogP contribution in [0.1, 0.15) is 19.0 Å². The number of nitrogens with one attached hydrogen (secondary N) is 1. The number of nitro groups is 1. The van der Waals surface area contributed by atoms with Crippen LogP contribution in [0.3, 0.4) is 0 Å². The number of benzene rings is 1. The summed E-state index contributed by atoms with van der Waals surface area (Å²) in [6.07, 6.45) is 2.97. The van der Waals surface area contributed by atoms with Gasteiger partial charge in [-0.3, -0.25) is 10.1 Å². The lowest BCUT2D eigenvalue weighted by Crippen LogP contribution is -2.08. The number of anilines is 1. The summed E-state index contributed by atoms with van der Waals surface area (Å²) in [5.74, 6) is -0.496. The molecule has 106 valence electrons. The van der Waals surface area contributed by atoms with Crippen LogP contribution in [0.2, 0.25) is 0 Å². The van der Waals surface area contributed by atoms with E-state index in [1.807, 2.05) is 18.3 Å². The van der Waals surface area contributed by atoms with E-state index in [1.165, 1.54) is 6.07 Å². The fraction of sp³-hybridized carbons (Fsp3) is 0.286. The molecule has 0 radical (unpaired) electrons. The number of non-ortho nitro benzene ring substituents is 1. The number of rotatable bonds is 6. The second kappa shape index (κ2) is 6.18. The predicted octanol–water partition coefficient (Wildman–Crippen LogP) is 3.56. The van der Waals surface area contributed by atoms with Crippen molar-refractivity contribution in [1.82, 2.24) is 4.57 Å². The summed E-state index contributed by atoms with van der Waals surface area (Å²) in [4.78, 5) is 10.2. The molecular formula is C14H16FN3O2. The topological polar surface area (TPSA) is 60.1 Å². The van der Waals surface area contributed by atoms with Crippen LogP contribution in [-0.4, -0.2) is 9.49 Å². The zero-order chi connectivity index (χ0) is 14.5. The van der Waals surface area contributed by atoms with Crippen LogP contribution in [0.5, 0.6) is 0 Å². The molecule has 0 aliphatic rings. The first-order chi connectivity index (χ1) is 9.61. The van der Waals surface area contributed by atoms with Crippen molar-refractivity contribution in [2.75, 3.05) is 5.32 Å². The first-order valence-electron chi connectivity index (χ1n) is 6.43. The maximum Gasteiger partial charge on any atom is 0.271 e. The second-order valence-electron chi connectivity index (χ2n) is 4.47. The Morgan fingerprint density at radius 1 is 1.40 bits per heavy atom. The van der Waals surface area contributed by atoms with Gasteiger partial charge in [-0.05, 0) is 24.6 Å². The van der Waals surface area contributed by atoms with E-state index in [2.05, 4.69) is 16.8 Å². The molecule has 0 aliphatic carbocycles. The largest absolute Gasteiger partial charge is 0.377 e. The van der Waals surface area contributed by atoms with Gasteiger partial charge in [0.2, 0.25) is 0 Å². The van der Waals surface area contributed by atoms with Crippen LogP contribution < -0.4 is 5.32 Å². The van der Waals surface area contributed by atoms with Crippen molar-refractivity contribution in [2.24, 2.45) is 0 Å². The molecule has 0 atom stereocenters. The van der Waals surface area contributed by atoms with Gasteiger partial charge in [0, 0.05) is 30.6 Å². The molecule has 0 aliphatic heterocycles. The van der Waals surface area contributed by atoms with E-state index in [-0.39, 0.29) is 11.4 Å². The standard InChI is InChI=1S/C14H16FN3O2/c1-2-7-17-8-3-4-12(17)10-16-14-9-11(18(19)20)5-6-13(14)15/h3-6,8-9,16H,2,7,10H2,1H3. The van der Waals surface area contributed by atoms with E-state index in [9.17, 15) is 14.5 Å². The lowest BCUT2D eigenvalue weighted by molar-refractivity contribution is -0.384. The van der Waals surface area contributed by atoms with Crippen molar-refractivity contribution < 1.29 is 9.31 Å². The molecule has 5 nitrogen and oxygen atoms in total. The van der Waals surface area contributed by atoms with Gasteiger partial charge < -0.3 is 9.88 Å². The first kappa shape index (κ1) is 14.0. The summed E-state index contributed by atoms with van der Waals surface area (Å²) in [6.45, 7) is 3.39. The molecule has 6 heteroatoms. The molecular weight excluding hydrogens is 261 g/mol. The monoisotopic (exact) mass is 277 g/mol. The molecule has 1 aromatic heterocycles. The maximum atomic E-state index is 13.6. The van der Waals surface area contributed by atoms with Crippen molar-refractivity contribution in [3.63, 3.8) is 0 Å². The Morgan fingerprint density at radius 2 is 2.20 bits per heavy atom. The minimum absolute atomic E-state index is 0.127. The fourth-order valence-electron chi connectivity index (χ4n) is 2.02. The normalized spacial score (nSPS) is 10.5. The van der Waals surface area contributed by atoms with Gasteiger partial charge >= 0.3 is 0 Å². The maximum absolute atomic E-state index is 13.6. The lowest BCUT2D eigenvalue weighted by atomic mass is 10.2. The van der Waals surface area contributed by atoms with Gasteiger partial charge in [0.1, 0.15) is 5.82 Å². The molecule has 1 N–H and O–H groups in total. The minimum atomic E-state index is -0.537. The summed E-state index contributed by atoms with van der Waals surface area (Å²) in [7, 11) is 0. The summed E-state index contributed by atoms with van der Waals surface area (Å²) in [5, 5.41) is 13.6. The van der Waals surface area contributed by atoms with Crippen molar-refractivity contribution in [3.05, 3.63) is 58.2 Å². The third-order valence-electron chi connectivity index (χ3n) is 3.01. The van der Waals surface area contributed by atoms with Crippen LogP contribution in [0.15, 0.2) is 36.5 Å². The van der Waals surface area contributed by atoms with Crippen LogP contribution in [0.4, 0.5) is 15.8 Å². The van der Waals surface area contributed by atoms with Crippen molar-refractivity contribution >= 4 is 11.4 Å². The molecule has 2 aromatic rings. The summed E-state index contributed by atoms with van der Waals surface area (Å²) < 4.78 is 15.7. The highest BCUT2D eigenvalue weighted by Crippen LogP contribution is 2.21. The number of hydrogen-bond donors (Lipinski definition) is 1. The van der Waals surface area contributed by atoms with E-state index >= 15 is 0 Å². The van der Waals surface area contributed by atoms with E-state index in [0.717, 1.165) is 30.8 Å². The van der Waals surface area contributed by atoms with Crippen LogP contribution in [0.25, 0.3) is 0 Å². The summed E-state index contributed by atoms with van der Waals surface area (Å²) in [5.41, 5.74) is 1.03.